The molecule has 2 N–H and O–H groups in total. The number of urea groups is 1. The Morgan fingerprint density at radius 2 is 2.23 bits per heavy atom. The molecule has 1 fully saturated rings. The van der Waals surface area contributed by atoms with Crippen LogP contribution in [0.4, 0.5) is 22.1 Å². The van der Waals surface area contributed by atoms with Crippen molar-refractivity contribution in [1.82, 2.24) is 9.97 Å². The first-order valence-electron chi connectivity index (χ1n) is 8.17. The highest BCUT2D eigenvalue weighted by atomic mass is 16.5. The minimum atomic E-state index is -1.18. The molecule has 1 saturated heterocycles. The maximum Gasteiger partial charge on any atom is 0.354 e. The van der Waals surface area contributed by atoms with Crippen LogP contribution in [-0.4, -0.2) is 53.3 Å². The summed E-state index contributed by atoms with van der Waals surface area (Å²) in [5.74, 6) is -0.0720. The minimum absolute atomic E-state index is 0.0903. The van der Waals surface area contributed by atoms with E-state index >= 15 is 0 Å². The molecular formula is C17H17N5O4. The number of pyridine rings is 2. The third-order valence-electron chi connectivity index (χ3n) is 4.57. The topological polar surface area (TPSA) is 108 Å². The SMILES string of the molecule is COc1cc(C(=O)O)nc2c1N1CC[C@@H](C1)N2C(=O)Nc1ccccn1. The molecule has 4 rings (SSSR count). The number of nitrogens with zero attached hydrogens (tertiary/aromatic N) is 4. The second kappa shape index (κ2) is 6.17. The molecule has 26 heavy (non-hydrogen) atoms. The van der Waals surface area contributed by atoms with E-state index in [9.17, 15) is 14.7 Å². The van der Waals surface area contributed by atoms with Crippen LogP contribution in [0.1, 0.15) is 16.9 Å². The van der Waals surface area contributed by atoms with Crippen molar-refractivity contribution < 1.29 is 19.4 Å². The summed E-state index contributed by atoms with van der Waals surface area (Å²) in [5.41, 5.74) is 0.473. The van der Waals surface area contributed by atoms with Gasteiger partial charge in [-0.1, -0.05) is 6.07 Å². The summed E-state index contributed by atoms with van der Waals surface area (Å²) >= 11 is 0. The number of hydrogen-bond donors (Lipinski definition) is 2. The average Bonchev–Trinajstić information content (AvgIpc) is 3.05. The molecule has 9 nitrogen and oxygen atoms in total. The van der Waals surface area contributed by atoms with Crippen molar-refractivity contribution in [2.75, 3.05) is 35.3 Å². The van der Waals surface area contributed by atoms with Crippen LogP contribution >= 0.6 is 0 Å². The maximum absolute atomic E-state index is 12.9. The van der Waals surface area contributed by atoms with Crippen molar-refractivity contribution in [1.29, 1.82) is 0 Å². The Balaban J connectivity index is 1.78. The number of fused-ring (bicyclic) bond motifs is 4. The van der Waals surface area contributed by atoms with Gasteiger partial charge in [0.2, 0.25) is 0 Å². The Hall–Kier alpha value is -3.36. The van der Waals surface area contributed by atoms with E-state index in [1.165, 1.54) is 18.1 Å². The molecule has 2 aromatic heterocycles. The fourth-order valence-corrected chi connectivity index (χ4v) is 3.43. The maximum atomic E-state index is 12.9. The second-order valence-electron chi connectivity index (χ2n) is 6.09. The van der Waals surface area contributed by atoms with Gasteiger partial charge in [-0.05, 0) is 18.6 Å². The Morgan fingerprint density at radius 1 is 1.38 bits per heavy atom. The third-order valence-corrected chi connectivity index (χ3v) is 4.57. The molecule has 0 radical (unpaired) electrons. The highest BCUT2D eigenvalue weighted by molar-refractivity contribution is 6.05. The number of ether oxygens (including phenoxy) is 1. The summed E-state index contributed by atoms with van der Waals surface area (Å²) in [7, 11) is 1.47. The van der Waals surface area contributed by atoms with E-state index in [0.717, 1.165) is 13.0 Å². The van der Waals surface area contributed by atoms with Crippen LogP contribution in [0.2, 0.25) is 0 Å². The fraction of sp³-hybridized carbons (Fsp3) is 0.294. The van der Waals surface area contributed by atoms with E-state index in [2.05, 4.69) is 20.2 Å². The van der Waals surface area contributed by atoms with Crippen LogP contribution in [0.3, 0.4) is 0 Å². The predicted octanol–water partition coefficient (Wildman–Crippen LogP) is 1.81. The van der Waals surface area contributed by atoms with E-state index in [4.69, 9.17) is 4.74 Å². The lowest BCUT2D eigenvalue weighted by atomic mass is 10.1. The molecular weight excluding hydrogens is 338 g/mol. The number of carbonyl (C=O) groups excluding carboxylic acids is 1. The monoisotopic (exact) mass is 355 g/mol. The molecule has 2 aliphatic heterocycles. The average molecular weight is 355 g/mol. The molecule has 0 spiro atoms. The Morgan fingerprint density at radius 3 is 2.92 bits per heavy atom. The van der Waals surface area contributed by atoms with Crippen LogP contribution < -0.4 is 19.9 Å². The third kappa shape index (κ3) is 2.57. The highest BCUT2D eigenvalue weighted by Gasteiger charge is 2.42. The lowest BCUT2D eigenvalue weighted by Gasteiger charge is -2.36. The first-order chi connectivity index (χ1) is 12.6. The molecule has 9 heteroatoms. The van der Waals surface area contributed by atoms with Crippen molar-refractivity contribution in [3.63, 3.8) is 0 Å². The van der Waals surface area contributed by atoms with Crippen molar-refractivity contribution in [2.45, 2.75) is 12.5 Å². The number of carboxylic acids is 1. The predicted molar refractivity (Wildman–Crippen MR) is 94.1 cm³/mol. The van der Waals surface area contributed by atoms with Gasteiger partial charge in [-0.25, -0.2) is 19.6 Å². The van der Waals surface area contributed by atoms with Gasteiger partial charge in [-0.2, -0.15) is 0 Å². The number of aromatic carboxylic acids is 1. The van der Waals surface area contributed by atoms with Gasteiger partial charge >= 0.3 is 12.0 Å². The van der Waals surface area contributed by atoms with Crippen LogP contribution in [0.15, 0.2) is 30.5 Å². The van der Waals surface area contributed by atoms with E-state index in [-0.39, 0.29) is 11.7 Å². The van der Waals surface area contributed by atoms with Gasteiger partial charge in [0.05, 0.1) is 13.2 Å². The molecule has 0 unspecified atom stereocenters. The number of nitrogens with one attached hydrogen (secondary N) is 1. The number of anilines is 3. The zero-order valence-electron chi connectivity index (χ0n) is 14.0. The van der Waals surface area contributed by atoms with Crippen molar-refractivity contribution in [3.05, 3.63) is 36.2 Å². The van der Waals surface area contributed by atoms with Crippen LogP contribution in [-0.2, 0) is 0 Å². The zero-order chi connectivity index (χ0) is 18.3. The van der Waals surface area contributed by atoms with Crippen LogP contribution in [0.5, 0.6) is 5.75 Å². The smallest absolute Gasteiger partial charge is 0.354 e. The highest BCUT2D eigenvalue weighted by Crippen LogP contribution is 2.45. The Labute approximate surface area is 149 Å². The molecule has 0 aliphatic carbocycles. The van der Waals surface area contributed by atoms with Crippen molar-refractivity contribution in [3.8, 4) is 5.75 Å². The second-order valence-corrected chi connectivity index (χ2v) is 6.09. The van der Waals surface area contributed by atoms with Gasteiger partial charge in [-0.3, -0.25) is 10.2 Å². The first-order valence-corrected chi connectivity index (χ1v) is 8.17. The standard InChI is InChI=1S/C17H17N5O4/c1-26-12-8-11(16(23)24)19-15-14(12)21-7-5-10(9-21)22(15)17(25)20-13-4-2-3-6-18-13/h2-4,6,8,10H,5,7,9H2,1H3,(H,23,24)(H,18,20,25)/t10-/m0/s1. The number of aromatic nitrogens is 2. The van der Waals surface area contributed by atoms with Gasteiger partial charge in [0.25, 0.3) is 0 Å². The van der Waals surface area contributed by atoms with E-state index in [1.54, 1.807) is 24.4 Å². The van der Waals surface area contributed by atoms with Crippen molar-refractivity contribution in [2.24, 2.45) is 0 Å². The number of rotatable bonds is 3. The summed E-state index contributed by atoms with van der Waals surface area (Å²) in [6.45, 7) is 1.39. The minimum Gasteiger partial charge on any atom is -0.494 e. The normalized spacial score (nSPS) is 17.7. The summed E-state index contributed by atoms with van der Waals surface area (Å²) in [4.78, 5) is 36.3. The molecule has 2 amide bonds. The zero-order valence-corrected chi connectivity index (χ0v) is 14.0. The number of methoxy groups -OCH3 is 1. The molecule has 1 atom stereocenters. The fourth-order valence-electron chi connectivity index (χ4n) is 3.43. The quantitative estimate of drug-likeness (QED) is 0.864. The number of carbonyl (C=O) groups is 2. The van der Waals surface area contributed by atoms with Gasteiger partial charge < -0.3 is 14.7 Å². The molecule has 2 aromatic rings. The lowest BCUT2D eigenvalue weighted by Crippen LogP contribution is -2.48. The summed E-state index contributed by atoms with van der Waals surface area (Å²) in [5, 5.41) is 12.1. The lowest BCUT2D eigenvalue weighted by molar-refractivity contribution is 0.0690. The van der Waals surface area contributed by atoms with E-state index < -0.39 is 12.0 Å². The molecule has 0 aromatic carbocycles. The number of carboxylic acid groups (broad SMARTS) is 1. The Kier molecular flexibility index (Phi) is 3.83. The number of hydrogen-bond acceptors (Lipinski definition) is 6. The van der Waals surface area contributed by atoms with Crippen molar-refractivity contribution >= 4 is 29.3 Å². The van der Waals surface area contributed by atoms with E-state index in [1.807, 2.05) is 0 Å². The van der Waals surface area contributed by atoms with Crippen LogP contribution in [0.25, 0.3) is 0 Å². The number of amides is 2. The first kappa shape index (κ1) is 16.1. The van der Waals surface area contributed by atoms with Gasteiger partial charge in [0.1, 0.15) is 17.3 Å². The molecule has 2 bridgehead atoms. The molecule has 0 saturated carbocycles. The summed E-state index contributed by atoms with van der Waals surface area (Å²) in [6, 6.07) is 6.11. The van der Waals surface area contributed by atoms with Gasteiger partial charge in [0, 0.05) is 25.4 Å². The largest absolute Gasteiger partial charge is 0.494 e. The molecule has 134 valence electrons. The molecule has 4 heterocycles. The van der Waals surface area contributed by atoms with Crippen LogP contribution in [0, 0.1) is 0 Å². The Bertz CT molecular complexity index is 873. The van der Waals surface area contributed by atoms with E-state index in [0.29, 0.717) is 29.6 Å². The summed E-state index contributed by atoms with van der Waals surface area (Å²) < 4.78 is 5.38. The molecule has 2 aliphatic rings. The van der Waals surface area contributed by atoms with Gasteiger partial charge in [0.15, 0.2) is 11.5 Å². The summed E-state index contributed by atoms with van der Waals surface area (Å²) in [6.07, 6.45) is 2.35. The van der Waals surface area contributed by atoms with Gasteiger partial charge in [-0.15, -0.1) is 0 Å².